The number of hydrogen-bond donors (Lipinski definition) is 1. The highest BCUT2D eigenvalue weighted by atomic mass is 16.6. The number of aromatic nitrogens is 2. The Morgan fingerprint density at radius 3 is 2.71 bits per heavy atom. The Hall–Kier alpha value is -3.35. The second-order valence-corrected chi connectivity index (χ2v) is 7.01. The molecular formula is C21H19N3O4. The first-order valence-electron chi connectivity index (χ1n) is 9.42. The number of carbonyl (C=O) groups excluding carboxylic acids is 1. The van der Waals surface area contributed by atoms with E-state index in [1.54, 1.807) is 12.1 Å². The standard InChI is InChI=1S/C21H19N3O4/c25-21(18-12-26-16-7-3-4-8-17(16)27-18)22-20-19(23-28-24-20)15-10-9-13-5-1-2-6-14(13)11-15/h3-4,7-11,18H,1-2,5-6,12H2,(H,22,24,25). The molecule has 5 rings (SSSR count). The molecule has 3 aromatic rings. The average Bonchev–Trinajstić information content (AvgIpc) is 3.21. The first-order chi connectivity index (χ1) is 13.8. The van der Waals surface area contributed by atoms with Crippen molar-refractivity contribution in [2.45, 2.75) is 31.8 Å². The molecule has 0 saturated heterocycles. The number of ether oxygens (including phenoxy) is 2. The zero-order valence-corrected chi connectivity index (χ0v) is 15.2. The zero-order chi connectivity index (χ0) is 18.9. The molecule has 0 fully saturated rings. The summed E-state index contributed by atoms with van der Waals surface area (Å²) < 4.78 is 16.3. The first-order valence-corrected chi connectivity index (χ1v) is 9.42. The normalized spacial score (nSPS) is 17.6. The van der Waals surface area contributed by atoms with Gasteiger partial charge in [-0.05, 0) is 65.3 Å². The highest BCUT2D eigenvalue weighted by Gasteiger charge is 2.29. The van der Waals surface area contributed by atoms with Crippen molar-refractivity contribution >= 4 is 11.7 Å². The molecule has 1 aromatic heterocycles. The van der Waals surface area contributed by atoms with E-state index < -0.39 is 6.10 Å². The SMILES string of the molecule is O=C(Nc1nonc1-c1ccc2c(c1)CCCC2)C1COc2ccccc2O1. The zero-order valence-electron chi connectivity index (χ0n) is 15.2. The molecule has 142 valence electrons. The summed E-state index contributed by atoms with van der Waals surface area (Å²) in [5, 5.41) is 10.6. The van der Waals surface area contributed by atoms with Gasteiger partial charge in [0.1, 0.15) is 6.61 Å². The third-order valence-electron chi connectivity index (χ3n) is 5.15. The fourth-order valence-electron chi connectivity index (χ4n) is 3.69. The molecular weight excluding hydrogens is 358 g/mol. The van der Waals surface area contributed by atoms with Gasteiger partial charge in [-0.25, -0.2) is 4.63 Å². The Balaban J connectivity index is 1.35. The molecule has 7 nitrogen and oxygen atoms in total. The number of carbonyl (C=O) groups is 1. The van der Waals surface area contributed by atoms with Crippen molar-refractivity contribution in [3.63, 3.8) is 0 Å². The summed E-state index contributed by atoms with van der Waals surface area (Å²) in [4.78, 5) is 12.7. The number of amides is 1. The summed E-state index contributed by atoms with van der Waals surface area (Å²) >= 11 is 0. The largest absolute Gasteiger partial charge is 0.485 e. The first kappa shape index (κ1) is 16.8. The van der Waals surface area contributed by atoms with Crippen molar-refractivity contribution in [2.24, 2.45) is 0 Å². The van der Waals surface area contributed by atoms with Gasteiger partial charge in [0.2, 0.25) is 11.9 Å². The molecule has 7 heteroatoms. The fourth-order valence-corrected chi connectivity index (χ4v) is 3.69. The summed E-state index contributed by atoms with van der Waals surface area (Å²) in [7, 11) is 0. The van der Waals surface area contributed by atoms with E-state index in [0.29, 0.717) is 17.2 Å². The van der Waals surface area contributed by atoms with Crippen LogP contribution in [0.2, 0.25) is 0 Å². The van der Waals surface area contributed by atoms with E-state index in [9.17, 15) is 4.79 Å². The third kappa shape index (κ3) is 3.09. The molecule has 0 spiro atoms. The maximum Gasteiger partial charge on any atom is 0.270 e. The number of hydrogen-bond acceptors (Lipinski definition) is 6. The molecule has 2 aliphatic rings. The number of anilines is 1. The molecule has 1 N–H and O–H groups in total. The van der Waals surface area contributed by atoms with Crippen LogP contribution in [0.15, 0.2) is 47.1 Å². The van der Waals surface area contributed by atoms with E-state index in [2.05, 4.69) is 27.8 Å². The number of nitrogens with one attached hydrogen (secondary N) is 1. The van der Waals surface area contributed by atoms with E-state index in [0.717, 1.165) is 18.4 Å². The van der Waals surface area contributed by atoms with E-state index in [4.69, 9.17) is 14.1 Å². The van der Waals surface area contributed by atoms with Gasteiger partial charge in [0.25, 0.3) is 5.91 Å². The number of aryl methyl sites for hydroxylation is 2. The molecule has 1 unspecified atom stereocenters. The van der Waals surface area contributed by atoms with Gasteiger partial charge in [0, 0.05) is 5.56 Å². The predicted octanol–water partition coefficient (Wildman–Crippen LogP) is 3.39. The number of rotatable bonds is 3. The Labute approximate surface area is 161 Å². The molecule has 1 amide bonds. The number of fused-ring (bicyclic) bond motifs is 2. The molecule has 1 aliphatic heterocycles. The molecule has 1 aliphatic carbocycles. The quantitative estimate of drug-likeness (QED) is 0.753. The highest BCUT2D eigenvalue weighted by molar-refractivity contribution is 5.96. The van der Waals surface area contributed by atoms with Gasteiger partial charge >= 0.3 is 0 Å². The van der Waals surface area contributed by atoms with Crippen LogP contribution >= 0.6 is 0 Å². The van der Waals surface area contributed by atoms with Gasteiger partial charge in [-0.2, -0.15) is 0 Å². The minimum atomic E-state index is -0.775. The van der Waals surface area contributed by atoms with Gasteiger partial charge in [-0.3, -0.25) is 4.79 Å². The Morgan fingerprint density at radius 1 is 1.00 bits per heavy atom. The summed E-state index contributed by atoms with van der Waals surface area (Å²) in [6.45, 7) is 0.127. The highest BCUT2D eigenvalue weighted by Crippen LogP contribution is 2.32. The van der Waals surface area contributed by atoms with Crippen LogP contribution in [0.3, 0.4) is 0 Å². The lowest BCUT2D eigenvalue weighted by atomic mass is 9.90. The summed E-state index contributed by atoms with van der Waals surface area (Å²) in [5.74, 6) is 1.10. The van der Waals surface area contributed by atoms with Crippen molar-refractivity contribution in [3.05, 3.63) is 53.6 Å². The molecule has 28 heavy (non-hydrogen) atoms. The van der Waals surface area contributed by atoms with Crippen molar-refractivity contribution in [2.75, 3.05) is 11.9 Å². The molecule has 0 saturated carbocycles. The number of nitrogens with zero attached hydrogens (tertiary/aromatic N) is 2. The predicted molar refractivity (Wildman–Crippen MR) is 101 cm³/mol. The van der Waals surface area contributed by atoms with Crippen molar-refractivity contribution in [1.82, 2.24) is 10.3 Å². The second kappa shape index (κ2) is 6.99. The fraction of sp³-hybridized carbons (Fsp3) is 0.286. The maximum atomic E-state index is 12.7. The van der Waals surface area contributed by atoms with Gasteiger partial charge in [-0.15, -0.1) is 0 Å². The van der Waals surface area contributed by atoms with Gasteiger partial charge in [0.15, 0.2) is 17.2 Å². The van der Waals surface area contributed by atoms with Crippen molar-refractivity contribution in [3.8, 4) is 22.8 Å². The maximum absolute atomic E-state index is 12.7. The van der Waals surface area contributed by atoms with Crippen LogP contribution in [0.4, 0.5) is 5.82 Å². The third-order valence-corrected chi connectivity index (χ3v) is 5.15. The molecule has 0 bridgehead atoms. The van der Waals surface area contributed by atoms with E-state index in [-0.39, 0.29) is 18.3 Å². The summed E-state index contributed by atoms with van der Waals surface area (Å²) in [6, 6.07) is 13.5. The van der Waals surface area contributed by atoms with Crippen LogP contribution in [0.25, 0.3) is 11.3 Å². The topological polar surface area (TPSA) is 86.5 Å². The van der Waals surface area contributed by atoms with Crippen LogP contribution in [-0.4, -0.2) is 28.9 Å². The average molecular weight is 377 g/mol. The van der Waals surface area contributed by atoms with E-state index in [1.807, 2.05) is 18.2 Å². The lowest BCUT2D eigenvalue weighted by Gasteiger charge is -2.25. The van der Waals surface area contributed by atoms with Crippen LogP contribution < -0.4 is 14.8 Å². The van der Waals surface area contributed by atoms with Gasteiger partial charge < -0.3 is 14.8 Å². The van der Waals surface area contributed by atoms with Crippen LogP contribution in [0.1, 0.15) is 24.0 Å². The van der Waals surface area contributed by atoms with Gasteiger partial charge in [-0.1, -0.05) is 24.3 Å². The smallest absolute Gasteiger partial charge is 0.270 e. The monoisotopic (exact) mass is 377 g/mol. The molecule has 1 atom stereocenters. The summed E-state index contributed by atoms with van der Waals surface area (Å²) in [5.41, 5.74) is 4.09. The summed E-state index contributed by atoms with van der Waals surface area (Å²) in [6.07, 6.45) is 3.81. The Bertz CT molecular complexity index is 1030. The Morgan fingerprint density at radius 2 is 1.82 bits per heavy atom. The van der Waals surface area contributed by atoms with E-state index >= 15 is 0 Å². The second-order valence-electron chi connectivity index (χ2n) is 7.01. The molecule has 2 heterocycles. The number of para-hydroxylation sites is 2. The van der Waals surface area contributed by atoms with E-state index in [1.165, 1.54) is 24.0 Å². The van der Waals surface area contributed by atoms with Crippen LogP contribution in [0.5, 0.6) is 11.5 Å². The lowest BCUT2D eigenvalue weighted by molar-refractivity contribution is -0.125. The van der Waals surface area contributed by atoms with Gasteiger partial charge in [0.05, 0.1) is 0 Å². The van der Waals surface area contributed by atoms with Crippen molar-refractivity contribution < 1.29 is 18.9 Å². The minimum absolute atomic E-state index is 0.127. The van der Waals surface area contributed by atoms with Crippen LogP contribution in [-0.2, 0) is 17.6 Å². The Kier molecular flexibility index (Phi) is 4.20. The van der Waals surface area contributed by atoms with Crippen molar-refractivity contribution in [1.29, 1.82) is 0 Å². The molecule has 0 radical (unpaired) electrons. The molecule has 2 aromatic carbocycles. The number of benzene rings is 2. The minimum Gasteiger partial charge on any atom is -0.485 e. The van der Waals surface area contributed by atoms with Crippen LogP contribution in [0, 0.1) is 0 Å². The lowest BCUT2D eigenvalue weighted by Crippen LogP contribution is -2.40.